The van der Waals surface area contributed by atoms with Gasteiger partial charge < -0.3 is 10.1 Å². The number of halogens is 1. The van der Waals surface area contributed by atoms with Gasteiger partial charge in [-0.3, -0.25) is 4.79 Å². The number of rotatable bonds is 5. The molecule has 1 amide bonds. The van der Waals surface area contributed by atoms with E-state index in [2.05, 4.69) is 11.9 Å². The Balaban J connectivity index is 2.44. The smallest absolute Gasteiger partial charge is 0.408 e. The highest BCUT2D eigenvalue weighted by molar-refractivity contribution is 6.30. The molecular weight excluding hydrogens is 254 g/mol. The predicted molar refractivity (Wildman–Crippen MR) is 70.6 cm³/mol. The Bertz CT molecular complexity index is 367. The van der Waals surface area contributed by atoms with Gasteiger partial charge in [-0.1, -0.05) is 18.2 Å². The van der Waals surface area contributed by atoms with E-state index in [0.717, 1.165) is 12.8 Å². The number of carbonyl (C=O) groups is 2. The van der Waals surface area contributed by atoms with Gasteiger partial charge in [0.15, 0.2) is 0 Å². The third kappa shape index (κ3) is 5.54. The molecule has 0 aromatic rings. The van der Waals surface area contributed by atoms with Gasteiger partial charge in [-0.2, -0.15) is 0 Å². The van der Waals surface area contributed by atoms with Gasteiger partial charge in [0, 0.05) is 17.9 Å². The van der Waals surface area contributed by atoms with Crippen LogP contribution < -0.4 is 5.32 Å². The van der Waals surface area contributed by atoms with E-state index in [4.69, 9.17) is 16.3 Å². The maximum atomic E-state index is 11.6. The van der Waals surface area contributed by atoms with E-state index in [0.29, 0.717) is 5.03 Å². The maximum absolute atomic E-state index is 11.6. The van der Waals surface area contributed by atoms with Crippen molar-refractivity contribution in [1.82, 2.24) is 5.32 Å². The zero-order valence-corrected chi connectivity index (χ0v) is 11.9. The third-order valence-corrected chi connectivity index (χ3v) is 2.68. The molecule has 18 heavy (non-hydrogen) atoms. The lowest BCUT2D eigenvalue weighted by atomic mass is 10.1. The van der Waals surface area contributed by atoms with Crippen molar-refractivity contribution in [2.75, 3.05) is 0 Å². The Morgan fingerprint density at radius 2 is 1.94 bits per heavy atom. The van der Waals surface area contributed by atoms with Crippen LogP contribution >= 0.6 is 11.6 Å². The summed E-state index contributed by atoms with van der Waals surface area (Å²) in [5.74, 6) is -0.0106. The van der Waals surface area contributed by atoms with Crippen LogP contribution in [0.15, 0.2) is 11.6 Å². The van der Waals surface area contributed by atoms with Crippen molar-refractivity contribution in [3.63, 3.8) is 0 Å². The standard InChI is InChI=1S/C13H20ClNO3/c1-9(14)7-10(16)8-13(5-6-13)15-11(17)18-12(2,3)4/h1,5-8H2,2-4H3,(H,15,17). The number of allylic oxidation sites excluding steroid dienone is 1. The molecule has 5 heteroatoms. The summed E-state index contributed by atoms with van der Waals surface area (Å²) < 4.78 is 5.17. The molecular formula is C13H20ClNO3. The Labute approximate surface area is 113 Å². The molecule has 0 aromatic carbocycles. The number of hydrogen-bond donors (Lipinski definition) is 1. The minimum Gasteiger partial charge on any atom is -0.444 e. The molecule has 0 spiro atoms. The summed E-state index contributed by atoms with van der Waals surface area (Å²) in [4.78, 5) is 23.3. The van der Waals surface area contributed by atoms with Crippen LogP contribution in [0.25, 0.3) is 0 Å². The van der Waals surface area contributed by atoms with Crippen molar-refractivity contribution < 1.29 is 14.3 Å². The third-order valence-electron chi connectivity index (χ3n) is 2.54. The molecule has 0 atom stereocenters. The molecule has 1 N–H and O–H groups in total. The summed E-state index contributed by atoms with van der Waals surface area (Å²) in [6.07, 6.45) is 1.56. The Kier molecular flexibility index (Phi) is 4.43. The van der Waals surface area contributed by atoms with E-state index in [1.807, 2.05) is 0 Å². The predicted octanol–water partition coefficient (Wildman–Crippen LogP) is 3.15. The zero-order chi connectivity index (χ0) is 14.0. The van der Waals surface area contributed by atoms with Crippen LogP contribution in [0.1, 0.15) is 46.5 Å². The summed E-state index contributed by atoms with van der Waals surface area (Å²) in [5.41, 5.74) is -0.958. The highest BCUT2D eigenvalue weighted by Crippen LogP contribution is 2.39. The molecule has 0 unspecified atom stereocenters. The molecule has 0 radical (unpaired) electrons. The Morgan fingerprint density at radius 1 is 1.39 bits per heavy atom. The second-order valence-electron chi connectivity index (χ2n) is 5.82. The summed E-state index contributed by atoms with van der Waals surface area (Å²) >= 11 is 5.59. The van der Waals surface area contributed by atoms with Gasteiger partial charge in [-0.05, 0) is 33.6 Å². The van der Waals surface area contributed by atoms with Crippen molar-refractivity contribution in [1.29, 1.82) is 0 Å². The molecule has 0 aliphatic heterocycles. The van der Waals surface area contributed by atoms with Crippen LogP contribution in [0.3, 0.4) is 0 Å². The monoisotopic (exact) mass is 273 g/mol. The first kappa shape index (κ1) is 15.0. The fraction of sp³-hybridized carbons (Fsp3) is 0.692. The van der Waals surface area contributed by atoms with Crippen molar-refractivity contribution in [3.05, 3.63) is 11.6 Å². The molecule has 0 aromatic heterocycles. The zero-order valence-electron chi connectivity index (χ0n) is 11.1. The molecule has 1 saturated carbocycles. The van der Waals surface area contributed by atoms with Crippen molar-refractivity contribution >= 4 is 23.5 Å². The van der Waals surface area contributed by atoms with Gasteiger partial charge >= 0.3 is 6.09 Å². The van der Waals surface area contributed by atoms with Gasteiger partial charge in [0.2, 0.25) is 0 Å². The lowest BCUT2D eigenvalue weighted by molar-refractivity contribution is -0.118. The van der Waals surface area contributed by atoms with Gasteiger partial charge in [-0.25, -0.2) is 4.79 Å². The Morgan fingerprint density at radius 3 is 2.33 bits per heavy atom. The van der Waals surface area contributed by atoms with Crippen LogP contribution in [0.4, 0.5) is 4.79 Å². The molecule has 0 bridgehead atoms. The minimum absolute atomic E-state index is 0.0106. The van der Waals surface area contributed by atoms with E-state index >= 15 is 0 Å². The van der Waals surface area contributed by atoms with E-state index in [1.165, 1.54) is 0 Å². The maximum Gasteiger partial charge on any atom is 0.408 e. The first-order chi connectivity index (χ1) is 8.12. The van der Waals surface area contributed by atoms with Gasteiger partial charge in [-0.15, -0.1) is 0 Å². The SMILES string of the molecule is C=C(Cl)CC(=O)CC1(NC(=O)OC(C)(C)C)CC1. The largest absolute Gasteiger partial charge is 0.444 e. The number of amides is 1. The van der Waals surface area contributed by atoms with E-state index in [1.54, 1.807) is 20.8 Å². The second-order valence-corrected chi connectivity index (χ2v) is 6.35. The second kappa shape index (κ2) is 5.31. The average molecular weight is 274 g/mol. The number of ketones is 1. The average Bonchev–Trinajstić information content (AvgIpc) is 2.77. The number of Topliss-reactive ketones (excluding diaryl/α,β-unsaturated/α-hetero) is 1. The van der Waals surface area contributed by atoms with E-state index < -0.39 is 17.2 Å². The van der Waals surface area contributed by atoms with Gasteiger partial charge in [0.05, 0.1) is 5.54 Å². The highest BCUT2D eigenvalue weighted by atomic mass is 35.5. The van der Waals surface area contributed by atoms with Crippen LogP contribution in [0.2, 0.25) is 0 Å². The molecule has 1 fully saturated rings. The molecule has 4 nitrogen and oxygen atoms in total. The number of ether oxygens (including phenoxy) is 1. The summed E-state index contributed by atoms with van der Waals surface area (Å²) in [6, 6.07) is 0. The summed E-state index contributed by atoms with van der Waals surface area (Å²) in [7, 11) is 0. The summed E-state index contributed by atoms with van der Waals surface area (Å²) in [6.45, 7) is 8.89. The molecule has 0 heterocycles. The summed E-state index contributed by atoms with van der Waals surface area (Å²) in [5, 5.41) is 3.10. The lowest BCUT2D eigenvalue weighted by Crippen LogP contribution is -2.41. The molecule has 1 aliphatic rings. The van der Waals surface area contributed by atoms with E-state index in [-0.39, 0.29) is 18.6 Å². The van der Waals surface area contributed by atoms with Crippen molar-refractivity contribution in [2.45, 2.75) is 57.6 Å². The molecule has 0 saturated heterocycles. The first-order valence-electron chi connectivity index (χ1n) is 5.98. The molecule has 102 valence electrons. The molecule has 1 rings (SSSR count). The number of hydrogen-bond acceptors (Lipinski definition) is 3. The molecule has 1 aliphatic carbocycles. The number of alkyl carbamates (subject to hydrolysis) is 1. The van der Waals surface area contributed by atoms with Crippen LogP contribution in [0.5, 0.6) is 0 Å². The Hall–Kier alpha value is -1.03. The minimum atomic E-state index is -0.533. The van der Waals surface area contributed by atoms with E-state index in [9.17, 15) is 9.59 Å². The quantitative estimate of drug-likeness (QED) is 0.837. The van der Waals surface area contributed by atoms with Gasteiger partial charge in [0.1, 0.15) is 11.4 Å². The fourth-order valence-electron chi connectivity index (χ4n) is 1.67. The number of carbonyl (C=O) groups excluding carboxylic acids is 2. The van der Waals surface area contributed by atoms with Crippen LogP contribution in [-0.2, 0) is 9.53 Å². The topological polar surface area (TPSA) is 55.4 Å². The normalized spacial score (nSPS) is 16.9. The lowest BCUT2D eigenvalue weighted by Gasteiger charge is -2.23. The van der Waals surface area contributed by atoms with Crippen molar-refractivity contribution in [3.8, 4) is 0 Å². The van der Waals surface area contributed by atoms with Crippen LogP contribution in [0, 0.1) is 0 Å². The fourth-order valence-corrected chi connectivity index (χ4v) is 1.82. The number of nitrogens with one attached hydrogen (secondary N) is 1. The van der Waals surface area contributed by atoms with Crippen LogP contribution in [-0.4, -0.2) is 23.0 Å². The van der Waals surface area contributed by atoms with Crippen molar-refractivity contribution in [2.24, 2.45) is 0 Å². The first-order valence-corrected chi connectivity index (χ1v) is 6.36. The van der Waals surface area contributed by atoms with Gasteiger partial charge in [0.25, 0.3) is 0 Å². The highest BCUT2D eigenvalue weighted by Gasteiger charge is 2.46.